The summed E-state index contributed by atoms with van der Waals surface area (Å²) in [5.41, 5.74) is 2.38. The number of hydrogen-bond acceptors (Lipinski definition) is 3. The summed E-state index contributed by atoms with van der Waals surface area (Å²) in [5, 5.41) is 15.1. The minimum Gasteiger partial charge on any atom is -0.357 e. The minimum absolute atomic E-state index is 0.0494. The van der Waals surface area contributed by atoms with E-state index < -0.39 is 0 Å². The Morgan fingerprint density at radius 3 is 2.50 bits per heavy atom. The third kappa shape index (κ3) is 5.81. The third-order valence-electron chi connectivity index (χ3n) is 3.99. The van der Waals surface area contributed by atoms with Crippen molar-refractivity contribution in [1.29, 1.82) is 5.26 Å². The number of carbonyl (C=O) groups is 1. The molecule has 0 saturated heterocycles. The molecule has 0 aromatic heterocycles. The molecule has 6 nitrogen and oxygen atoms in total. The maximum Gasteiger partial charge on any atom is 0.253 e. The lowest BCUT2D eigenvalue weighted by atomic mass is 10.1. The van der Waals surface area contributed by atoms with E-state index in [1.807, 2.05) is 25.1 Å². The molecule has 0 aliphatic carbocycles. The molecule has 146 valence electrons. The Hall–Kier alpha value is -3.40. The van der Waals surface area contributed by atoms with E-state index in [1.165, 1.54) is 23.1 Å². The van der Waals surface area contributed by atoms with Gasteiger partial charge in [-0.05, 0) is 42.8 Å². The second-order valence-electron chi connectivity index (χ2n) is 6.36. The van der Waals surface area contributed by atoms with Crippen LogP contribution in [0.1, 0.15) is 34.0 Å². The summed E-state index contributed by atoms with van der Waals surface area (Å²) in [4.78, 5) is 17.9. The molecule has 2 aromatic carbocycles. The summed E-state index contributed by atoms with van der Waals surface area (Å²) in [6, 6.07) is 13.5. The molecule has 0 bridgehead atoms. The predicted molar refractivity (Wildman–Crippen MR) is 107 cm³/mol. The maximum absolute atomic E-state index is 13.9. The van der Waals surface area contributed by atoms with Crippen molar-refractivity contribution >= 4 is 11.9 Å². The SMILES string of the molecule is CCNC(=NCc1ccc(C(=O)N(C)C)cc1)NCc1cc(C#N)ccc1F. The number of guanidine groups is 1. The molecule has 0 aliphatic heterocycles. The van der Waals surface area contributed by atoms with Gasteiger partial charge < -0.3 is 15.5 Å². The molecular formula is C21H24FN5O. The lowest BCUT2D eigenvalue weighted by Gasteiger charge is -2.12. The van der Waals surface area contributed by atoms with Crippen molar-refractivity contribution in [3.63, 3.8) is 0 Å². The Morgan fingerprint density at radius 1 is 1.18 bits per heavy atom. The average Bonchev–Trinajstić information content (AvgIpc) is 2.70. The number of nitriles is 1. The normalized spacial score (nSPS) is 10.9. The molecule has 28 heavy (non-hydrogen) atoms. The topological polar surface area (TPSA) is 80.5 Å². The predicted octanol–water partition coefficient (Wildman–Crippen LogP) is 2.65. The first-order chi connectivity index (χ1) is 13.4. The molecular weight excluding hydrogens is 357 g/mol. The highest BCUT2D eigenvalue weighted by Crippen LogP contribution is 2.10. The molecule has 2 rings (SSSR count). The van der Waals surface area contributed by atoms with E-state index in [0.717, 1.165) is 5.56 Å². The van der Waals surface area contributed by atoms with Crippen LogP contribution >= 0.6 is 0 Å². The molecule has 0 atom stereocenters. The van der Waals surface area contributed by atoms with E-state index in [4.69, 9.17) is 5.26 Å². The van der Waals surface area contributed by atoms with Gasteiger partial charge in [0.15, 0.2) is 5.96 Å². The highest BCUT2D eigenvalue weighted by Gasteiger charge is 2.08. The number of halogens is 1. The second-order valence-corrected chi connectivity index (χ2v) is 6.36. The molecule has 2 aromatic rings. The smallest absolute Gasteiger partial charge is 0.253 e. The molecule has 0 radical (unpaired) electrons. The van der Waals surface area contributed by atoms with E-state index in [2.05, 4.69) is 15.6 Å². The van der Waals surface area contributed by atoms with Crippen molar-refractivity contribution in [3.8, 4) is 6.07 Å². The summed E-state index contributed by atoms with van der Waals surface area (Å²) in [5.74, 6) is 0.118. The van der Waals surface area contributed by atoms with E-state index in [-0.39, 0.29) is 18.3 Å². The summed E-state index contributed by atoms with van der Waals surface area (Å²) >= 11 is 0. The number of rotatable bonds is 6. The first kappa shape index (κ1) is 20.9. The van der Waals surface area contributed by atoms with Crippen molar-refractivity contribution in [3.05, 3.63) is 70.5 Å². The lowest BCUT2D eigenvalue weighted by Crippen LogP contribution is -2.37. The number of hydrogen-bond donors (Lipinski definition) is 2. The van der Waals surface area contributed by atoms with Crippen molar-refractivity contribution in [2.75, 3.05) is 20.6 Å². The fourth-order valence-electron chi connectivity index (χ4n) is 2.48. The number of carbonyl (C=O) groups excluding carboxylic acids is 1. The first-order valence-electron chi connectivity index (χ1n) is 8.96. The molecule has 0 spiro atoms. The van der Waals surface area contributed by atoms with Gasteiger partial charge in [-0.15, -0.1) is 0 Å². The summed E-state index contributed by atoms with van der Waals surface area (Å²) in [6.07, 6.45) is 0. The molecule has 0 heterocycles. The van der Waals surface area contributed by atoms with Crippen LogP contribution in [0.25, 0.3) is 0 Å². The van der Waals surface area contributed by atoms with Crippen LogP contribution < -0.4 is 10.6 Å². The van der Waals surface area contributed by atoms with Gasteiger partial charge in [0.05, 0.1) is 18.2 Å². The zero-order valence-corrected chi connectivity index (χ0v) is 16.3. The van der Waals surface area contributed by atoms with E-state index in [1.54, 1.807) is 26.2 Å². The Bertz CT molecular complexity index is 885. The fourth-order valence-corrected chi connectivity index (χ4v) is 2.48. The van der Waals surface area contributed by atoms with Gasteiger partial charge >= 0.3 is 0 Å². The monoisotopic (exact) mass is 381 g/mol. The van der Waals surface area contributed by atoms with E-state index in [9.17, 15) is 9.18 Å². The van der Waals surface area contributed by atoms with Crippen molar-refractivity contribution < 1.29 is 9.18 Å². The van der Waals surface area contributed by atoms with Crippen LogP contribution in [0.2, 0.25) is 0 Å². The van der Waals surface area contributed by atoms with Crippen molar-refractivity contribution in [1.82, 2.24) is 15.5 Å². The Kier molecular flexibility index (Phi) is 7.52. The quantitative estimate of drug-likeness (QED) is 0.595. The second kappa shape index (κ2) is 10.1. The zero-order valence-electron chi connectivity index (χ0n) is 16.3. The van der Waals surface area contributed by atoms with Crippen LogP contribution in [0.5, 0.6) is 0 Å². The van der Waals surface area contributed by atoms with Gasteiger partial charge in [0.1, 0.15) is 5.82 Å². The molecule has 0 fully saturated rings. The number of benzene rings is 2. The molecule has 2 N–H and O–H groups in total. The van der Waals surface area contributed by atoms with Crippen LogP contribution in [0.4, 0.5) is 4.39 Å². The molecule has 7 heteroatoms. The van der Waals surface area contributed by atoms with Crippen LogP contribution in [0.15, 0.2) is 47.5 Å². The van der Waals surface area contributed by atoms with Crippen molar-refractivity contribution in [2.24, 2.45) is 4.99 Å². The van der Waals surface area contributed by atoms with Crippen LogP contribution in [0, 0.1) is 17.1 Å². The highest BCUT2D eigenvalue weighted by molar-refractivity contribution is 5.93. The number of aliphatic imine (C=N–C) groups is 1. The largest absolute Gasteiger partial charge is 0.357 e. The summed E-state index contributed by atoms with van der Waals surface area (Å²) < 4.78 is 13.9. The van der Waals surface area contributed by atoms with Crippen LogP contribution in [-0.2, 0) is 13.1 Å². The fraction of sp³-hybridized carbons (Fsp3) is 0.286. The van der Waals surface area contributed by atoms with Crippen LogP contribution in [0.3, 0.4) is 0 Å². The maximum atomic E-state index is 13.9. The number of nitrogens with zero attached hydrogens (tertiary/aromatic N) is 3. The molecule has 0 unspecified atom stereocenters. The molecule has 0 aliphatic rings. The van der Waals surface area contributed by atoms with E-state index >= 15 is 0 Å². The van der Waals surface area contributed by atoms with Gasteiger partial charge in [0.25, 0.3) is 5.91 Å². The minimum atomic E-state index is -0.372. The van der Waals surface area contributed by atoms with Gasteiger partial charge in [-0.3, -0.25) is 4.79 Å². The molecule has 0 saturated carbocycles. The van der Waals surface area contributed by atoms with Crippen molar-refractivity contribution in [2.45, 2.75) is 20.0 Å². The number of nitrogens with one attached hydrogen (secondary N) is 2. The van der Waals surface area contributed by atoms with Gasteiger partial charge in [0.2, 0.25) is 0 Å². The Balaban J connectivity index is 2.04. The zero-order chi connectivity index (χ0) is 20.5. The standard InChI is InChI=1S/C21H24FN5O/c1-4-24-21(26-14-18-11-16(12-23)7-10-19(18)22)25-13-15-5-8-17(9-6-15)20(28)27(2)3/h5-11H,4,13-14H2,1-3H3,(H2,24,25,26). The highest BCUT2D eigenvalue weighted by atomic mass is 19.1. The summed E-state index contributed by atoms with van der Waals surface area (Å²) in [7, 11) is 3.42. The van der Waals surface area contributed by atoms with Gasteiger partial charge in [-0.1, -0.05) is 12.1 Å². The first-order valence-corrected chi connectivity index (χ1v) is 8.96. The molecule has 1 amide bonds. The lowest BCUT2D eigenvalue weighted by molar-refractivity contribution is 0.0827. The Morgan fingerprint density at radius 2 is 1.89 bits per heavy atom. The number of amides is 1. The van der Waals surface area contributed by atoms with Crippen LogP contribution in [-0.4, -0.2) is 37.4 Å². The summed E-state index contributed by atoms with van der Waals surface area (Å²) in [6.45, 7) is 3.22. The van der Waals surface area contributed by atoms with E-state index in [0.29, 0.717) is 35.7 Å². The third-order valence-corrected chi connectivity index (χ3v) is 3.99. The van der Waals surface area contributed by atoms with Gasteiger partial charge in [-0.2, -0.15) is 5.26 Å². The van der Waals surface area contributed by atoms with Gasteiger partial charge in [0, 0.05) is 38.3 Å². The van der Waals surface area contributed by atoms with Gasteiger partial charge in [-0.25, -0.2) is 9.38 Å². The Labute approximate surface area is 164 Å². The average molecular weight is 381 g/mol.